The molecule has 0 rings (SSSR count). The quantitative estimate of drug-likeness (QED) is 0.186. The average Bonchev–Trinajstić information content (AvgIpc) is 2.60. The van der Waals surface area contributed by atoms with E-state index in [1.54, 1.807) is 0 Å². The van der Waals surface area contributed by atoms with Crippen molar-refractivity contribution in [3.8, 4) is 0 Å². The molecule has 0 amide bonds. The van der Waals surface area contributed by atoms with Crippen molar-refractivity contribution in [2.24, 2.45) is 0 Å². The van der Waals surface area contributed by atoms with E-state index in [-0.39, 0.29) is 6.61 Å². The monoisotopic (exact) mass is 423 g/mol. The van der Waals surface area contributed by atoms with Crippen LogP contribution >= 0.6 is 0 Å². The summed E-state index contributed by atoms with van der Waals surface area (Å²) in [5.41, 5.74) is 0. The molecule has 0 aromatic carbocycles. The average molecular weight is 424 g/mol. The molecule has 1 N–H and O–H groups in total. The topological polar surface area (TPSA) is 66.8 Å². The Bertz CT molecular complexity index is 386. The van der Waals surface area contributed by atoms with Gasteiger partial charge in [0, 0.05) is 0 Å². The summed E-state index contributed by atoms with van der Waals surface area (Å²) in [7, 11) is 0.169. The van der Waals surface area contributed by atoms with E-state index in [1.165, 1.54) is 116 Å². The second kappa shape index (κ2) is 23.1. The van der Waals surface area contributed by atoms with Crippen LogP contribution < -0.4 is 0 Å². The zero-order valence-corrected chi connectivity index (χ0v) is 20.1. The molecular weight excluding hydrogens is 374 g/mol. The van der Waals surface area contributed by atoms with Gasteiger partial charge < -0.3 is 4.90 Å². The van der Waals surface area contributed by atoms with E-state index in [9.17, 15) is 8.42 Å². The van der Waals surface area contributed by atoms with Crippen LogP contribution in [0.1, 0.15) is 117 Å². The highest BCUT2D eigenvalue weighted by molar-refractivity contribution is 7.80. The van der Waals surface area contributed by atoms with Gasteiger partial charge in [0.05, 0.1) is 6.61 Å². The predicted molar refractivity (Wildman–Crippen MR) is 121 cm³/mol. The first kappa shape index (κ1) is 30.0. The molecule has 28 heavy (non-hydrogen) atoms. The smallest absolute Gasteiger partial charge is 0.309 e. The van der Waals surface area contributed by atoms with Crippen molar-refractivity contribution < 1.29 is 17.2 Å². The molecule has 0 heterocycles. The van der Waals surface area contributed by atoms with Crippen LogP contribution in [0.4, 0.5) is 0 Å². The number of hydrogen-bond acceptors (Lipinski definition) is 4. The van der Waals surface area contributed by atoms with E-state index in [2.05, 4.69) is 30.1 Å². The van der Waals surface area contributed by atoms with Crippen molar-refractivity contribution in [2.45, 2.75) is 117 Å². The van der Waals surface area contributed by atoms with Gasteiger partial charge >= 0.3 is 10.4 Å². The Labute approximate surface area is 176 Å². The summed E-state index contributed by atoms with van der Waals surface area (Å²) in [6, 6.07) is 0. The SMILES string of the molecule is CCCCCCCCCCCCCCCCCCN(C)C.CCOS(=O)(=O)O. The summed E-state index contributed by atoms with van der Waals surface area (Å²) >= 11 is 0. The maximum Gasteiger partial charge on any atom is 0.397 e. The summed E-state index contributed by atoms with van der Waals surface area (Å²) in [4.78, 5) is 2.30. The lowest BCUT2D eigenvalue weighted by atomic mass is 10.0. The number of rotatable bonds is 19. The van der Waals surface area contributed by atoms with Gasteiger partial charge in [-0.3, -0.25) is 4.55 Å². The van der Waals surface area contributed by atoms with Gasteiger partial charge in [0.1, 0.15) is 0 Å². The van der Waals surface area contributed by atoms with Crippen LogP contribution in [0.3, 0.4) is 0 Å². The van der Waals surface area contributed by atoms with E-state index >= 15 is 0 Å². The third kappa shape index (κ3) is 33.4. The molecule has 0 radical (unpaired) electrons. The third-order valence-corrected chi connectivity index (χ3v) is 5.26. The lowest BCUT2D eigenvalue weighted by Crippen LogP contribution is -2.12. The third-order valence-electron chi connectivity index (χ3n) is 4.73. The Hall–Kier alpha value is -0.170. The Balaban J connectivity index is 0. The molecule has 0 aliphatic heterocycles. The van der Waals surface area contributed by atoms with E-state index in [4.69, 9.17) is 4.55 Å². The summed E-state index contributed by atoms with van der Waals surface area (Å²) in [6.07, 6.45) is 23.3. The fourth-order valence-electron chi connectivity index (χ4n) is 3.13. The fourth-order valence-corrected chi connectivity index (χ4v) is 3.42. The molecule has 5 nitrogen and oxygen atoms in total. The molecule has 0 fully saturated rings. The predicted octanol–water partition coefficient (Wildman–Crippen LogP) is 6.64. The molecule has 172 valence electrons. The van der Waals surface area contributed by atoms with Crippen molar-refractivity contribution in [3.05, 3.63) is 0 Å². The second-order valence-electron chi connectivity index (χ2n) is 7.94. The molecule has 0 spiro atoms. The highest BCUT2D eigenvalue weighted by atomic mass is 32.3. The van der Waals surface area contributed by atoms with Crippen molar-refractivity contribution in [2.75, 3.05) is 27.2 Å². The number of unbranched alkanes of at least 4 members (excludes halogenated alkanes) is 15. The molecule has 0 saturated heterocycles. The lowest BCUT2D eigenvalue weighted by molar-refractivity contribution is 0.283. The number of hydrogen-bond donors (Lipinski definition) is 1. The van der Waals surface area contributed by atoms with E-state index in [1.807, 2.05) is 0 Å². The Morgan fingerprint density at radius 2 is 0.964 bits per heavy atom. The highest BCUT2D eigenvalue weighted by Gasteiger charge is 1.98. The molecule has 0 bridgehead atoms. The van der Waals surface area contributed by atoms with Crippen LogP contribution in [0.25, 0.3) is 0 Å². The molecule has 0 aliphatic carbocycles. The van der Waals surface area contributed by atoms with Crippen LogP contribution in [0, 0.1) is 0 Å². The molecule has 0 atom stereocenters. The minimum atomic E-state index is -4.17. The van der Waals surface area contributed by atoms with Crippen LogP contribution in [0.5, 0.6) is 0 Å². The summed E-state index contributed by atoms with van der Waals surface area (Å²) in [5, 5.41) is 0. The zero-order valence-electron chi connectivity index (χ0n) is 19.3. The standard InChI is InChI=1S/C20H43N.C2H6O4S/c1-4-5-6-7-8-9-10-11-12-13-14-15-16-17-18-19-20-21(2)3;1-2-6-7(3,4)5/h4-20H2,1-3H3;2H2,1H3,(H,3,4,5). The van der Waals surface area contributed by atoms with Gasteiger partial charge in [-0.25, -0.2) is 4.18 Å². The van der Waals surface area contributed by atoms with Crippen LogP contribution in [-0.4, -0.2) is 45.1 Å². The van der Waals surface area contributed by atoms with Crippen LogP contribution in [-0.2, 0) is 14.6 Å². The highest BCUT2D eigenvalue weighted by Crippen LogP contribution is 2.13. The Morgan fingerprint density at radius 1 is 0.643 bits per heavy atom. The van der Waals surface area contributed by atoms with Gasteiger partial charge in [-0.05, 0) is 34.0 Å². The van der Waals surface area contributed by atoms with Gasteiger partial charge in [-0.2, -0.15) is 8.42 Å². The Morgan fingerprint density at radius 3 is 1.18 bits per heavy atom. The molecular formula is C22H49NO4S. The first-order chi connectivity index (χ1) is 13.3. The van der Waals surface area contributed by atoms with Crippen LogP contribution in [0.2, 0.25) is 0 Å². The minimum absolute atomic E-state index is 0.0289. The van der Waals surface area contributed by atoms with E-state index in [0.29, 0.717) is 0 Å². The summed E-state index contributed by atoms with van der Waals surface area (Å²) in [5.74, 6) is 0. The van der Waals surface area contributed by atoms with Crippen LogP contribution in [0.15, 0.2) is 0 Å². The summed E-state index contributed by atoms with van der Waals surface area (Å²) in [6.45, 7) is 4.99. The first-order valence-electron chi connectivity index (χ1n) is 11.6. The lowest BCUT2D eigenvalue weighted by Gasteiger charge is -2.08. The maximum absolute atomic E-state index is 9.56. The normalized spacial score (nSPS) is 11.5. The Kier molecular flexibility index (Phi) is 24.8. The molecule has 0 unspecified atom stereocenters. The van der Waals surface area contributed by atoms with Gasteiger partial charge in [0.15, 0.2) is 0 Å². The molecule has 0 aliphatic rings. The van der Waals surface area contributed by atoms with Gasteiger partial charge in [0.25, 0.3) is 0 Å². The van der Waals surface area contributed by atoms with Gasteiger partial charge in [0.2, 0.25) is 0 Å². The van der Waals surface area contributed by atoms with E-state index in [0.717, 1.165) is 0 Å². The number of nitrogens with zero attached hydrogens (tertiary/aromatic N) is 1. The first-order valence-corrected chi connectivity index (χ1v) is 13.0. The van der Waals surface area contributed by atoms with E-state index < -0.39 is 10.4 Å². The summed E-state index contributed by atoms with van der Waals surface area (Å²) < 4.78 is 30.7. The minimum Gasteiger partial charge on any atom is -0.309 e. The van der Waals surface area contributed by atoms with Crippen molar-refractivity contribution >= 4 is 10.4 Å². The van der Waals surface area contributed by atoms with Gasteiger partial charge in [-0.15, -0.1) is 0 Å². The zero-order chi connectivity index (χ0) is 21.5. The van der Waals surface area contributed by atoms with Crippen molar-refractivity contribution in [1.29, 1.82) is 0 Å². The van der Waals surface area contributed by atoms with Gasteiger partial charge in [-0.1, -0.05) is 103 Å². The van der Waals surface area contributed by atoms with Crippen molar-refractivity contribution in [1.82, 2.24) is 4.90 Å². The molecule has 0 saturated carbocycles. The second-order valence-corrected chi connectivity index (χ2v) is 9.03. The molecule has 6 heteroatoms. The molecule has 0 aromatic heterocycles. The van der Waals surface area contributed by atoms with Crippen molar-refractivity contribution in [3.63, 3.8) is 0 Å². The molecule has 0 aromatic rings. The maximum atomic E-state index is 9.56. The fraction of sp³-hybridized carbons (Fsp3) is 1.00. The largest absolute Gasteiger partial charge is 0.397 e.